The summed E-state index contributed by atoms with van der Waals surface area (Å²) in [6.07, 6.45) is 2.60. The van der Waals surface area contributed by atoms with Crippen LogP contribution >= 0.6 is 22.6 Å². The van der Waals surface area contributed by atoms with Gasteiger partial charge in [-0.25, -0.2) is 9.50 Å². The maximum absolute atomic E-state index is 11.5. The van der Waals surface area contributed by atoms with Crippen molar-refractivity contribution >= 4 is 40.0 Å². The highest BCUT2D eigenvalue weighted by molar-refractivity contribution is 14.1. The van der Waals surface area contributed by atoms with E-state index in [-0.39, 0.29) is 11.9 Å². The Hall–Kier alpha value is -1.38. The summed E-state index contributed by atoms with van der Waals surface area (Å²) in [4.78, 5) is 17.9. The number of carbonyl (C=O) groups excluding carboxylic acids is 1. The first-order valence-electron chi connectivity index (χ1n) is 6.02. The van der Waals surface area contributed by atoms with Crippen molar-refractivity contribution in [1.29, 1.82) is 0 Å². The summed E-state index contributed by atoms with van der Waals surface area (Å²) in [6.45, 7) is 1.49. The first-order chi connectivity index (χ1) is 9.19. The van der Waals surface area contributed by atoms with E-state index >= 15 is 0 Å². The number of aromatic nitrogens is 3. The lowest BCUT2D eigenvalue weighted by Crippen LogP contribution is -2.24. The molecule has 3 heterocycles. The van der Waals surface area contributed by atoms with Crippen LogP contribution in [0.2, 0.25) is 0 Å². The Morgan fingerprint density at radius 3 is 3.16 bits per heavy atom. The summed E-state index contributed by atoms with van der Waals surface area (Å²) in [5, 5.41) is 4.56. The number of nitrogens with zero attached hydrogens (tertiary/aromatic N) is 4. The molecule has 1 fully saturated rings. The maximum Gasteiger partial charge on any atom is 0.310 e. The van der Waals surface area contributed by atoms with Crippen LogP contribution in [0.15, 0.2) is 18.3 Å². The van der Waals surface area contributed by atoms with E-state index in [4.69, 9.17) is 4.74 Å². The molecule has 1 aliphatic rings. The van der Waals surface area contributed by atoms with Crippen LogP contribution in [0, 0.1) is 9.62 Å². The number of ether oxygens (including phenoxy) is 1. The molecular formula is C12H13IN4O2. The van der Waals surface area contributed by atoms with Crippen molar-refractivity contribution in [3.63, 3.8) is 0 Å². The topological polar surface area (TPSA) is 59.7 Å². The number of fused-ring (bicyclic) bond motifs is 1. The number of hydrogen-bond donors (Lipinski definition) is 0. The van der Waals surface area contributed by atoms with Crippen LogP contribution in [-0.2, 0) is 9.53 Å². The molecule has 1 saturated heterocycles. The summed E-state index contributed by atoms with van der Waals surface area (Å²) in [6, 6.07) is 3.88. The van der Waals surface area contributed by atoms with Crippen molar-refractivity contribution < 1.29 is 9.53 Å². The lowest BCUT2D eigenvalue weighted by molar-refractivity contribution is -0.144. The molecule has 0 bridgehead atoms. The van der Waals surface area contributed by atoms with Gasteiger partial charge in [0.05, 0.1) is 19.2 Å². The summed E-state index contributed by atoms with van der Waals surface area (Å²) in [5.74, 6) is 0.681. The maximum atomic E-state index is 11.5. The average Bonchev–Trinajstić information content (AvgIpc) is 3.05. The second kappa shape index (κ2) is 4.95. The molecule has 100 valence electrons. The summed E-state index contributed by atoms with van der Waals surface area (Å²) in [5.41, 5.74) is 0.830. The van der Waals surface area contributed by atoms with Crippen LogP contribution in [-0.4, -0.2) is 40.8 Å². The number of anilines is 1. The normalized spacial score (nSPS) is 19.1. The molecule has 0 aromatic carbocycles. The molecule has 6 nitrogen and oxygen atoms in total. The molecule has 1 atom stereocenters. The smallest absolute Gasteiger partial charge is 0.310 e. The minimum absolute atomic E-state index is 0.0515. The zero-order chi connectivity index (χ0) is 13.4. The van der Waals surface area contributed by atoms with Crippen LogP contribution in [0.4, 0.5) is 5.82 Å². The van der Waals surface area contributed by atoms with E-state index in [0.29, 0.717) is 6.54 Å². The molecule has 0 radical (unpaired) electrons. The van der Waals surface area contributed by atoms with Crippen molar-refractivity contribution in [1.82, 2.24) is 14.6 Å². The Labute approximate surface area is 123 Å². The molecule has 7 heteroatoms. The van der Waals surface area contributed by atoms with Gasteiger partial charge in [-0.05, 0) is 41.1 Å². The number of imidazole rings is 1. The third kappa shape index (κ3) is 2.26. The standard InChI is InChI=1S/C12H13IN4O2/c1-19-12(18)8-4-5-16(7-8)11-3-2-10-14-6-9(13)17(10)15-11/h2-3,6,8H,4-5,7H2,1H3. The minimum Gasteiger partial charge on any atom is -0.469 e. The number of esters is 1. The second-order valence-corrected chi connectivity index (χ2v) is 5.60. The van der Waals surface area contributed by atoms with Crippen molar-refractivity contribution in [3.05, 3.63) is 22.0 Å². The Balaban J connectivity index is 1.85. The predicted octanol–water partition coefficient (Wildman–Crippen LogP) is 1.33. The van der Waals surface area contributed by atoms with Gasteiger partial charge in [0, 0.05) is 13.1 Å². The molecule has 3 rings (SSSR count). The van der Waals surface area contributed by atoms with Gasteiger partial charge in [0.15, 0.2) is 5.65 Å². The largest absolute Gasteiger partial charge is 0.469 e. The third-order valence-corrected chi connectivity index (χ3v) is 4.09. The van der Waals surface area contributed by atoms with Crippen molar-refractivity contribution in [3.8, 4) is 0 Å². The molecule has 0 spiro atoms. The molecule has 0 N–H and O–H groups in total. The molecule has 2 aromatic rings. The van der Waals surface area contributed by atoms with Crippen molar-refractivity contribution in [2.24, 2.45) is 5.92 Å². The fraction of sp³-hybridized carbons (Fsp3) is 0.417. The number of rotatable bonds is 2. The zero-order valence-corrected chi connectivity index (χ0v) is 12.6. The molecule has 0 amide bonds. The van der Waals surface area contributed by atoms with Crippen molar-refractivity contribution in [2.75, 3.05) is 25.1 Å². The van der Waals surface area contributed by atoms with Gasteiger partial charge in [-0.2, -0.15) is 0 Å². The summed E-state index contributed by atoms with van der Waals surface area (Å²) in [7, 11) is 1.43. The molecule has 1 unspecified atom stereocenters. The third-order valence-electron chi connectivity index (χ3n) is 3.35. The predicted molar refractivity (Wildman–Crippen MR) is 78.0 cm³/mol. The van der Waals surface area contributed by atoms with Gasteiger partial charge in [0.2, 0.25) is 0 Å². The summed E-state index contributed by atoms with van der Waals surface area (Å²) >= 11 is 2.20. The van der Waals surface area contributed by atoms with E-state index < -0.39 is 0 Å². The van der Waals surface area contributed by atoms with E-state index in [1.165, 1.54) is 7.11 Å². The van der Waals surface area contributed by atoms with Gasteiger partial charge in [-0.3, -0.25) is 4.79 Å². The fourth-order valence-corrected chi connectivity index (χ4v) is 2.83. The first kappa shape index (κ1) is 12.6. The van der Waals surface area contributed by atoms with Gasteiger partial charge in [0.1, 0.15) is 9.52 Å². The second-order valence-electron chi connectivity index (χ2n) is 4.50. The SMILES string of the molecule is COC(=O)C1CCN(c2ccc3ncc(I)n3n2)C1. The lowest BCUT2D eigenvalue weighted by Gasteiger charge is -2.16. The van der Waals surface area contributed by atoms with Crippen LogP contribution in [0.25, 0.3) is 5.65 Å². The van der Waals surface area contributed by atoms with Gasteiger partial charge < -0.3 is 9.64 Å². The van der Waals surface area contributed by atoms with Crippen molar-refractivity contribution in [2.45, 2.75) is 6.42 Å². The van der Waals surface area contributed by atoms with E-state index in [1.807, 2.05) is 12.1 Å². The van der Waals surface area contributed by atoms with Crippen LogP contribution < -0.4 is 4.90 Å². The van der Waals surface area contributed by atoms with Gasteiger partial charge in [-0.1, -0.05) is 0 Å². The molecule has 2 aromatic heterocycles. The molecule has 0 aliphatic carbocycles. The Bertz CT molecular complexity index is 627. The van der Waals surface area contributed by atoms with E-state index in [0.717, 1.165) is 28.1 Å². The van der Waals surface area contributed by atoms with Gasteiger partial charge in [0.25, 0.3) is 0 Å². The fourth-order valence-electron chi connectivity index (χ4n) is 2.33. The number of hydrogen-bond acceptors (Lipinski definition) is 5. The van der Waals surface area contributed by atoms with Crippen LogP contribution in [0.1, 0.15) is 6.42 Å². The molecule has 1 aliphatic heterocycles. The average molecular weight is 372 g/mol. The first-order valence-corrected chi connectivity index (χ1v) is 7.10. The minimum atomic E-state index is -0.138. The van der Waals surface area contributed by atoms with Crippen LogP contribution in [0.5, 0.6) is 0 Å². The number of carbonyl (C=O) groups is 1. The quantitative estimate of drug-likeness (QED) is 0.588. The Kier molecular flexibility index (Phi) is 3.29. The van der Waals surface area contributed by atoms with E-state index in [2.05, 4.69) is 37.6 Å². The monoisotopic (exact) mass is 372 g/mol. The molecule has 19 heavy (non-hydrogen) atoms. The highest BCUT2D eigenvalue weighted by Crippen LogP contribution is 2.23. The van der Waals surface area contributed by atoms with E-state index in [1.54, 1.807) is 10.7 Å². The number of halogens is 1. The molecular weight excluding hydrogens is 359 g/mol. The highest BCUT2D eigenvalue weighted by Gasteiger charge is 2.29. The van der Waals surface area contributed by atoms with Crippen LogP contribution in [0.3, 0.4) is 0 Å². The number of methoxy groups -OCH3 is 1. The van der Waals surface area contributed by atoms with Gasteiger partial charge >= 0.3 is 5.97 Å². The Morgan fingerprint density at radius 2 is 2.37 bits per heavy atom. The molecule has 0 saturated carbocycles. The van der Waals surface area contributed by atoms with E-state index in [9.17, 15) is 4.79 Å². The Morgan fingerprint density at radius 1 is 1.53 bits per heavy atom. The zero-order valence-electron chi connectivity index (χ0n) is 10.4. The lowest BCUT2D eigenvalue weighted by atomic mass is 10.1. The van der Waals surface area contributed by atoms with Gasteiger partial charge in [-0.15, -0.1) is 5.10 Å². The highest BCUT2D eigenvalue weighted by atomic mass is 127. The summed E-state index contributed by atoms with van der Waals surface area (Å²) < 4.78 is 7.57.